The van der Waals surface area contributed by atoms with E-state index in [1.807, 2.05) is 54.6 Å². The third kappa shape index (κ3) is 6.07. The second-order valence-corrected chi connectivity index (χ2v) is 8.71. The van der Waals surface area contributed by atoms with Crippen molar-refractivity contribution in [2.24, 2.45) is 0 Å². The Morgan fingerprint density at radius 2 is 1.74 bits per heavy atom. The summed E-state index contributed by atoms with van der Waals surface area (Å²) in [6.07, 6.45) is 3.15. The van der Waals surface area contributed by atoms with Crippen molar-refractivity contribution >= 4 is 29.3 Å². The predicted molar refractivity (Wildman–Crippen MR) is 144 cm³/mol. The zero-order chi connectivity index (χ0) is 26.3. The Morgan fingerprint density at radius 3 is 2.53 bits per heavy atom. The first-order valence-corrected chi connectivity index (χ1v) is 12.1. The molecule has 1 N–H and O–H groups in total. The van der Waals surface area contributed by atoms with Gasteiger partial charge in [-0.1, -0.05) is 60.7 Å². The maximum absolute atomic E-state index is 14.1. The lowest BCUT2D eigenvalue weighted by Crippen LogP contribution is -2.38. The quantitative estimate of drug-likeness (QED) is 0.297. The highest BCUT2D eigenvalue weighted by Crippen LogP contribution is 2.35. The van der Waals surface area contributed by atoms with E-state index in [4.69, 9.17) is 9.47 Å². The SMILES string of the molecule is O=C(/C=C/c1ccc(OCc2ccccc2)cc1)Nc1ccc2c(c1)OCC(=O)N2Cc1ccccc1F. The average molecular weight is 509 g/mol. The number of carbonyl (C=O) groups is 2. The fraction of sp³-hybridized carbons (Fsp3) is 0.0968. The van der Waals surface area contributed by atoms with E-state index in [1.54, 1.807) is 42.5 Å². The van der Waals surface area contributed by atoms with Gasteiger partial charge in [0.25, 0.3) is 5.91 Å². The summed E-state index contributed by atoms with van der Waals surface area (Å²) in [6, 6.07) is 28.7. The molecule has 7 heteroatoms. The van der Waals surface area contributed by atoms with Crippen molar-refractivity contribution in [3.05, 3.63) is 126 Å². The molecule has 2 amide bonds. The number of carbonyl (C=O) groups excluding carboxylic acids is 2. The van der Waals surface area contributed by atoms with Crippen molar-refractivity contribution in [2.75, 3.05) is 16.8 Å². The number of rotatable bonds is 8. The molecule has 0 unspecified atom stereocenters. The summed E-state index contributed by atoms with van der Waals surface area (Å²) in [7, 11) is 0. The van der Waals surface area contributed by atoms with Gasteiger partial charge in [0.05, 0.1) is 12.2 Å². The van der Waals surface area contributed by atoms with Crippen LogP contribution in [-0.2, 0) is 22.7 Å². The van der Waals surface area contributed by atoms with Gasteiger partial charge in [-0.05, 0) is 47.5 Å². The van der Waals surface area contributed by atoms with Gasteiger partial charge in [-0.15, -0.1) is 0 Å². The zero-order valence-corrected chi connectivity index (χ0v) is 20.5. The van der Waals surface area contributed by atoms with Crippen LogP contribution >= 0.6 is 0 Å². The van der Waals surface area contributed by atoms with Crippen molar-refractivity contribution in [3.63, 3.8) is 0 Å². The fourth-order valence-corrected chi connectivity index (χ4v) is 4.02. The van der Waals surface area contributed by atoms with Gasteiger partial charge in [-0.2, -0.15) is 0 Å². The standard InChI is InChI=1S/C31H25FN2O4/c32-27-9-5-4-8-24(27)19-34-28-16-13-25(18-29(28)38-21-31(34)36)33-30(35)17-12-22-10-14-26(15-11-22)37-20-23-6-2-1-3-7-23/h1-18H,19-21H2,(H,33,35)/b17-12+. The number of nitrogens with zero attached hydrogens (tertiary/aromatic N) is 1. The van der Waals surface area contributed by atoms with Gasteiger partial charge in [-0.25, -0.2) is 4.39 Å². The number of anilines is 2. The Kier molecular flexibility index (Phi) is 7.45. The molecule has 38 heavy (non-hydrogen) atoms. The van der Waals surface area contributed by atoms with E-state index in [9.17, 15) is 14.0 Å². The van der Waals surface area contributed by atoms with Crippen molar-refractivity contribution in [1.29, 1.82) is 0 Å². The number of ether oxygens (including phenoxy) is 2. The van der Waals surface area contributed by atoms with Gasteiger partial charge in [0.2, 0.25) is 5.91 Å². The smallest absolute Gasteiger partial charge is 0.265 e. The van der Waals surface area contributed by atoms with Crippen LogP contribution in [0.1, 0.15) is 16.7 Å². The Bertz CT molecular complexity index is 1470. The number of hydrogen-bond donors (Lipinski definition) is 1. The van der Waals surface area contributed by atoms with Crippen LogP contribution in [-0.4, -0.2) is 18.4 Å². The second-order valence-electron chi connectivity index (χ2n) is 8.71. The summed E-state index contributed by atoms with van der Waals surface area (Å²) in [5.74, 6) is 0.223. The molecule has 190 valence electrons. The van der Waals surface area contributed by atoms with Gasteiger partial charge < -0.3 is 19.7 Å². The van der Waals surface area contributed by atoms with E-state index < -0.39 is 0 Å². The van der Waals surface area contributed by atoms with E-state index in [2.05, 4.69) is 5.32 Å². The predicted octanol–water partition coefficient (Wildman–Crippen LogP) is 5.98. The van der Waals surface area contributed by atoms with E-state index in [1.165, 1.54) is 17.0 Å². The highest BCUT2D eigenvalue weighted by Gasteiger charge is 2.26. The first kappa shape index (κ1) is 24.8. The van der Waals surface area contributed by atoms with Crippen LogP contribution in [0.25, 0.3) is 6.08 Å². The van der Waals surface area contributed by atoms with Crippen molar-refractivity contribution in [3.8, 4) is 11.5 Å². The fourth-order valence-electron chi connectivity index (χ4n) is 4.02. The first-order valence-electron chi connectivity index (χ1n) is 12.1. The molecule has 0 saturated carbocycles. The van der Waals surface area contributed by atoms with Crippen LogP contribution in [0, 0.1) is 5.82 Å². The van der Waals surface area contributed by atoms with E-state index in [-0.39, 0.29) is 30.8 Å². The lowest BCUT2D eigenvalue weighted by Gasteiger charge is -2.30. The normalized spacial score (nSPS) is 12.7. The van der Waals surface area contributed by atoms with Crippen LogP contribution in [0.15, 0.2) is 103 Å². The molecular weight excluding hydrogens is 483 g/mol. The minimum absolute atomic E-state index is 0.0897. The molecule has 4 aromatic carbocycles. The Morgan fingerprint density at radius 1 is 0.974 bits per heavy atom. The van der Waals surface area contributed by atoms with Crippen LogP contribution < -0.4 is 19.7 Å². The zero-order valence-electron chi connectivity index (χ0n) is 20.5. The lowest BCUT2D eigenvalue weighted by atomic mass is 10.1. The number of nitrogens with one attached hydrogen (secondary N) is 1. The average Bonchev–Trinajstić information content (AvgIpc) is 2.94. The van der Waals surface area contributed by atoms with Gasteiger partial charge in [0.15, 0.2) is 6.61 Å². The highest BCUT2D eigenvalue weighted by atomic mass is 19.1. The second kappa shape index (κ2) is 11.4. The van der Waals surface area contributed by atoms with Crippen molar-refractivity contribution < 1.29 is 23.5 Å². The Balaban J connectivity index is 1.19. The minimum atomic E-state index is -0.377. The van der Waals surface area contributed by atoms with Crippen molar-refractivity contribution in [1.82, 2.24) is 0 Å². The largest absolute Gasteiger partial charge is 0.489 e. The van der Waals surface area contributed by atoms with Gasteiger partial charge in [0, 0.05) is 23.4 Å². The minimum Gasteiger partial charge on any atom is -0.489 e. The van der Waals surface area contributed by atoms with Crippen LogP contribution in [0.2, 0.25) is 0 Å². The van der Waals surface area contributed by atoms with E-state index in [0.717, 1.165) is 16.9 Å². The molecule has 0 saturated heterocycles. The van der Waals surface area contributed by atoms with Crippen LogP contribution in [0.3, 0.4) is 0 Å². The first-order chi connectivity index (χ1) is 18.5. The monoisotopic (exact) mass is 508 g/mol. The van der Waals surface area contributed by atoms with E-state index in [0.29, 0.717) is 29.3 Å². The summed E-state index contributed by atoms with van der Waals surface area (Å²) in [5.41, 5.74) is 3.39. The molecule has 1 heterocycles. The molecule has 0 aliphatic carbocycles. The molecule has 1 aliphatic rings. The highest BCUT2D eigenvalue weighted by molar-refractivity contribution is 6.03. The molecule has 0 radical (unpaired) electrons. The summed E-state index contributed by atoms with van der Waals surface area (Å²) in [5, 5.41) is 2.80. The number of fused-ring (bicyclic) bond motifs is 1. The molecular formula is C31H25FN2O4. The molecule has 0 bridgehead atoms. The molecule has 0 fully saturated rings. The molecule has 0 aromatic heterocycles. The van der Waals surface area contributed by atoms with Crippen LogP contribution in [0.4, 0.5) is 15.8 Å². The maximum atomic E-state index is 14.1. The van der Waals surface area contributed by atoms with Gasteiger partial charge in [-0.3, -0.25) is 9.59 Å². The topological polar surface area (TPSA) is 67.9 Å². The molecule has 6 nitrogen and oxygen atoms in total. The summed E-state index contributed by atoms with van der Waals surface area (Å²) in [4.78, 5) is 26.5. The van der Waals surface area contributed by atoms with Crippen LogP contribution in [0.5, 0.6) is 11.5 Å². The summed E-state index contributed by atoms with van der Waals surface area (Å²) >= 11 is 0. The number of benzene rings is 4. The third-order valence-electron chi connectivity index (χ3n) is 6.01. The molecule has 5 rings (SSSR count). The van der Waals surface area contributed by atoms with Gasteiger partial charge >= 0.3 is 0 Å². The molecule has 0 atom stereocenters. The van der Waals surface area contributed by atoms with Gasteiger partial charge in [0.1, 0.15) is 23.9 Å². The van der Waals surface area contributed by atoms with Crippen molar-refractivity contribution in [2.45, 2.75) is 13.2 Å². The number of hydrogen-bond acceptors (Lipinski definition) is 4. The molecule has 0 spiro atoms. The Hall–Kier alpha value is -4.91. The molecule has 1 aliphatic heterocycles. The number of amides is 2. The molecule has 4 aromatic rings. The Labute approximate surface area is 219 Å². The summed E-state index contributed by atoms with van der Waals surface area (Å²) in [6.45, 7) is 0.411. The lowest BCUT2D eigenvalue weighted by molar-refractivity contribution is -0.121. The van der Waals surface area contributed by atoms with E-state index >= 15 is 0 Å². The number of halogens is 1. The maximum Gasteiger partial charge on any atom is 0.265 e. The third-order valence-corrected chi connectivity index (χ3v) is 6.01. The summed E-state index contributed by atoms with van der Waals surface area (Å²) < 4.78 is 25.5.